The van der Waals surface area contributed by atoms with E-state index in [-0.39, 0.29) is 5.56 Å². The summed E-state index contributed by atoms with van der Waals surface area (Å²) in [5, 5.41) is 10.7. The molecule has 1 amide bonds. The van der Waals surface area contributed by atoms with E-state index in [0.29, 0.717) is 30.3 Å². The SMILES string of the molecule is CC(C)CCNc1nc(Nc2cnn(C3CCOCC3)c2)ncc1C(N)=O. The number of nitrogens with one attached hydrogen (secondary N) is 2. The first kappa shape index (κ1) is 19.1. The fourth-order valence-electron chi connectivity index (χ4n) is 2.92. The molecule has 1 aliphatic rings. The van der Waals surface area contributed by atoms with Crippen LogP contribution >= 0.6 is 0 Å². The van der Waals surface area contributed by atoms with Crippen LogP contribution in [0.5, 0.6) is 0 Å². The number of ether oxygens (including phenoxy) is 1. The smallest absolute Gasteiger partial charge is 0.254 e. The summed E-state index contributed by atoms with van der Waals surface area (Å²) < 4.78 is 7.34. The van der Waals surface area contributed by atoms with E-state index in [4.69, 9.17) is 10.5 Å². The van der Waals surface area contributed by atoms with Gasteiger partial charge >= 0.3 is 0 Å². The van der Waals surface area contributed by atoms with Crippen LogP contribution < -0.4 is 16.4 Å². The molecule has 0 aliphatic carbocycles. The van der Waals surface area contributed by atoms with E-state index in [2.05, 4.69) is 39.5 Å². The van der Waals surface area contributed by atoms with Crippen LogP contribution in [-0.4, -0.2) is 45.4 Å². The Bertz CT molecular complexity index is 769. The van der Waals surface area contributed by atoms with Crippen LogP contribution in [0.1, 0.15) is 49.5 Å². The van der Waals surface area contributed by atoms with Gasteiger partial charge in [0.15, 0.2) is 0 Å². The van der Waals surface area contributed by atoms with E-state index < -0.39 is 5.91 Å². The summed E-state index contributed by atoms with van der Waals surface area (Å²) >= 11 is 0. The van der Waals surface area contributed by atoms with Crippen molar-refractivity contribution in [2.45, 2.75) is 39.2 Å². The summed E-state index contributed by atoms with van der Waals surface area (Å²) in [5.74, 6) is 0.821. The van der Waals surface area contributed by atoms with E-state index in [1.54, 1.807) is 6.20 Å². The van der Waals surface area contributed by atoms with Gasteiger partial charge in [-0.15, -0.1) is 0 Å². The highest BCUT2D eigenvalue weighted by atomic mass is 16.5. The van der Waals surface area contributed by atoms with Crippen LogP contribution in [0.3, 0.4) is 0 Å². The number of amides is 1. The number of carbonyl (C=O) groups is 1. The molecule has 146 valence electrons. The van der Waals surface area contributed by atoms with Gasteiger partial charge < -0.3 is 21.1 Å². The predicted octanol–water partition coefficient (Wildman–Crippen LogP) is 2.33. The van der Waals surface area contributed by atoms with Gasteiger partial charge in [-0.1, -0.05) is 13.8 Å². The number of primary amides is 1. The van der Waals surface area contributed by atoms with Gasteiger partial charge in [-0.25, -0.2) is 4.98 Å². The first-order valence-electron chi connectivity index (χ1n) is 9.32. The molecule has 2 aromatic heterocycles. The van der Waals surface area contributed by atoms with Gasteiger partial charge in [0.05, 0.1) is 23.5 Å². The molecular weight excluding hydrogens is 346 g/mol. The quantitative estimate of drug-likeness (QED) is 0.649. The molecule has 2 aromatic rings. The van der Waals surface area contributed by atoms with Crippen molar-refractivity contribution in [3.8, 4) is 0 Å². The topological polar surface area (TPSA) is 120 Å². The molecule has 0 bridgehead atoms. The second-order valence-electron chi connectivity index (χ2n) is 7.11. The molecule has 3 rings (SSSR count). The van der Waals surface area contributed by atoms with Gasteiger partial charge in [0.25, 0.3) is 5.91 Å². The number of hydrogen-bond donors (Lipinski definition) is 3. The van der Waals surface area contributed by atoms with Crippen molar-refractivity contribution >= 4 is 23.4 Å². The van der Waals surface area contributed by atoms with Gasteiger partial charge in [-0.2, -0.15) is 10.1 Å². The Morgan fingerprint density at radius 2 is 2.15 bits per heavy atom. The first-order chi connectivity index (χ1) is 13.0. The van der Waals surface area contributed by atoms with Crippen LogP contribution in [0.25, 0.3) is 0 Å². The van der Waals surface area contributed by atoms with Crippen molar-refractivity contribution in [2.24, 2.45) is 11.7 Å². The zero-order chi connectivity index (χ0) is 19.2. The fraction of sp³-hybridized carbons (Fsp3) is 0.556. The summed E-state index contributed by atoms with van der Waals surface area (Å²) in [7, 11) is 0. The number of hydrogen-bond acceptors (Lipinski definition) is 7. The summed E-state index contributed by atoms with van der Waals surface area (Å²) in [6.45, 7) is 6.50. The standard InChI is InChI=1S/C18H27N7O2/c1-12(2)3-6-20-17-15(16(19)26)10-21-18(24-17)23-13-9-22-25(11-13)14-4-7-27-8-5-14/h9-12,14H,3-8H2,1-2H3,(H2,19,26)(H2,20,21,23,24). The van der Waals surface area contributed by atoms with Crippen molar-refractivity contribution in [3.05, 3.63) is 24.2 Å². The number of aromatic nitrogens is 4. The van der Waals surface area contributed by atoms with Crippen LogP contribution in [-0.2, 0) is 4.74 Å². The van der Waals surface area contributed by atoms with Crippen LogP contribution in [0.2, 0.25) is 0 Å². The van der Waals surface area contributed by atoms with Crippen LogP contribution in [0.4, 0.5) is 17.5 Å². The molecule has 0 spiro atoms. The van der Waals surface area contributed by atoms with Gasteiger partial charge in [-0.3, -0.25) is 9.48 Å². The number of carbonyl (C=O) groups excluding carboxylic acids is 1. The second-order valence-corrected chi connectivity index (χ2v) is 7.11. The molecule has 0 saturated carbocycles. The van der Waals surface area contributed by atoms with E-state index in [1.807, 2.05) is 10.9 Å². The Morgan fingerprint density at radius 3 is 2.85 bits per heavy atom. The third kappa shape index (κ3) is 5.16. The number of rotatable bonds is 8. The van der Waals surface area contributed by atoms with Crippen molar-refractivity contribution in [1.82, 2.24) is 19.7 Å². The number of nitrogens with zero attached hydrogens (tertiary/aromatic N) is 4. The molecular formula is C18H27N7O2. The van der Waals surface area contributed by atoms with Crippen LogP contribution in [0.15, 0.2) is 18.6 Å². The van der Waals surface area contributed by atoms with E-state index >= 15 is 0 Å². The Balaban J connectivity index is 1.70. The summed E-state index contributed by atoms with van der Waals surface area (Å²) in [6, 6.07) is 0.348. The minimum atomic E-state index is -0.555. The fourth-order valence-corrected chi connectivity index (χ4v) is 2.92. The maximum absolute atomic E-state index is 11.6. The molecule has 4 N–H and O–H groups in total. The minimum absolute atomic E-state index is 0.280. The van der Waals surface area contributed by atoms with Gasteiger partial charge in [-0.05, 0) is 25.2 Å². The molecule has 27 heavy (non-hydrogen) atoms. The third-order valence-electron chi connectivity index (χ3n) is 4.49. The average Bonchev–Trinajstić information content (AvgIpc) is 3.10. The molecule has 1 aliphatic heterocycles. The molecule has 1 fully saturated rings. The lowest BCUT2D eigenvalue weighted by Gasteiger charge is -2.22. The van der Waals surface area contributed by atoms with Gasteiger partial charge in [0, 0.05) is 32.2 Å². The normalized spacial score (nSPS) is 15.1. The van der Waals surface area contributed by atoms with Gasteiger partial charge in [0.2, 0.25) is 5.95 Å². The first-order valence-corrected chi connectivity index (χ1v) is 9.32. The molecule has 0 aromatic carbocycles. The van der Waals surface area contributed by atoms with Crippen molar-refractivity contribution in [1.29, 1.82) is 0 Å². The number of nitrogens with two attached hydrogens (primary N) is 1. The molecule has 3 heterocycles. The lowest BCUT2D eigenvalue weighted by atomic mass is 10.1. The lowest BCUT2D eigenvalue weighted by Crippen LogP contribution is -2.19. The molecule has 0 atom stereocenters. The molecule has 9 nitrogen and oxygen atoms in total. The summed E-state index contributed by atoms with van der Waals surface area (Å²) in [5.41, 5.74) is 6.50. The Kier molecular flexibility index (Phi) is 6.23. The van der Waals surface area contributed by atoms with E-state index in [0.717, 1.165) is 38.2 Å². The zero-order valence-corrected chi connectivity index (χ0v) is 15.8. The summed E-state index contributed by atoms with van der Waals surface area (Å²) in [4.78, 5) is 20.2. The molecule has 9 heteroatoms. The lowest BCUT2D eigenvalue weighted by molar-refractivity contribution is 0.0662. The largest absolute Gasteiger partial charge is 0.381 e. The second kappa shape index (κ2) is 8.81. The van der Waals surface area contributed by atoms with E-state index in [9.17, 15) is 4.79 Å². The Morgan fingerprint density at radius 1 is 1.37 bits per heavy atom. The highest BCUT2D eigenvalue weighted by molar-refractivity contribution is 5.97. The molecule has 0 radical (unpaired) electrons. The maximum Gasteiger partial charge on any atom is 0.254 e. The Hall–Kier alpha value is -2.68. The van der Waals surface area contributed by atoms with Gasteiger partial charge in [0.1, 0.15) is 5.82 Å². The Labute approximate surface area is 158 Å². The van der Waals surface area contributed by atoms with Crippen molar-refractivity contribution in [2.75, 3.05) is 30.4 Å². The minimum Gasteiger partial charge on any atom is -0.381 e. The molecule has 0 unspecified atom stereocenters. The van der Waals surface area contributed by atoms with E-state index in [1.165, 1.54) is 6.20 Å². The number of anilines is 3. The summed E-state index contributed by atoms with van der Waals surface area (Å²) in [6.07, 6.45) is 7.99. The molecule has 1 saturated heterocycles. The zero-order valence-electron chi connectivity index (χ0n) is 15.8. The highest BCUT2D eigenvalue weighted by Gasteiger charge is 2.17. The average molecular weight is 373 g/mol. The third-order valence-corrected chi connectivity index (χ3v) is 4.49. The maximum atomic E-state index is 11.6. The monoisotopic (exact) mass is 373 g/mol. The highest BCUT2D eigenvalue weighted by Crippen LogP contribution is 2.23. The van der Waals surface area contributed by atoms with Crippen LogP contribution in [0, 0.1) is 5.92 Å². The van der Waals surface area contributed by atoms with Crippen molar-refractivity contribution < 1.29 is 9.53 Å². The predicted molar refractivity (Wildman–Crippen MR) is 103 cm³/mol. The van der Waals surface area contributed by atoms with Crippen molar-refractivity contribution in [3.63, 3.8) is 0 Å².